The number of esters is 1. The number of aryl methyl sites for hydroxylation is 1. The van der Waals surface area contributed by atoms with Crippen molar-refractivity contribution in [1.29, 1.82) is 0 Å². The normalized spacial score (nSPS) is 17.3. The molecule has 1 aliphatic carbocycles. The van der Waals surface area contributed by atoms with Gasteiger partial charge < -0.3 is 4.74 Å². The lowest BCUT2D eigenvalue weighted by molar-refractivity contribution is -0.148. The molecule has 2 aromatic carbocycles. The molecule has 2 heteroatoms. The fourth-order valence-corrected chi connectivity index (χ4v) is 2.76. The van der Waals surface area contributed by atoms with E-state index in [2.05, 4.69) is 18.2 Å². The Morgan fingerprint density at radius 1 is 1.00 bits per heavy atom. The molecule has 0 saturated heterocycles. The van der Waals surface area contributed by atoms with Gasteiger partial charge >= 0.3 is 5.97 Å². The lowest BCUT2D eigenvalue weighted by Gasteiger charge is -2.24. The van der Waals surface area contributed by atoms with Crippen molar-refractivity contribution in [3.05, 3.63) is 71.3 Å². The van der Waals surface area contributed by atoms with E-state index in [9.17, 15) is 4.79 Å². The summed E-state index contributed by atoms with van der Waals surface area (Å²) in [5.74, 6) is -0.124. The molecule has 2 nitrogen and oxygen atoms in total. The number of rotatable bonds is 3. The second kappa shape index (κ2) is 5.91. The first kappa shape index (κ1) is 12.9. The Morgan fingerprint density at radius 3 is 2.50 bits per heavy atom. The van der Waals surface area contributed by atoms with Gasteiger partial charge in [-0.05, 0) is 29.5 Å². The van der Waals surface area contributed by atoms with Gasteiger partial charge in [-0.1, -0.05) is 54.6 Å². The third-order valence-corrected chi connectivity index (χ3v) is 3.79. The van der Waals surface area contributed by atoms with E-state index in [-0.39, 0.29) is 12.1 Å². The molecule has 0 amide bonds. The molecule has 0 aromatic heterocycles. The van der Waals surface area contributed by atoms with Crippen molar-refractivity contribution >= 4 is 5.97 Å². The van der Waals surface area contributed by atoms with Crippen LogP contribution >= 0.6 is 0 Å². The van der Waals surface area contributed by atoms with Gasteiger partial charge in [-0.3, -0.25) is 4.79 Å². The van der Waals surface area contributed by atoms with E-state index in [1.807, 2.05) is 36.4 Å². The largest absolute Gasteiger partial charge is 0.462 e. The molecule has 3 rings (SSSR count). The SMILES string of the molecule is O=C(Cc1ccccc1)OC1CCc2ccccc2C1. The molecule has 0 bridgehead atoms. The fraction of sp³-hybridized carbons (Fsp3) is 0.278. The van der Waals surface area contributed by atoms with Gasteiger partial charge in [0.2, 0.25) is 0 Å². The number of hydrogen-bond acceptors (Lipinski definition) is 2. The van der Waals surface area contributed by atoms with Crippen LogP contribution in [-0.4, -0.2) is 12.1 Å². The standard InChI is InChI=1S/C18H18O2/c19-18(12-14-6-2-1-3-7-14)20-17-11-10-15-8-4-5-9-16(15)13-17/h1-9,17H,10-13H2. The number of hydrogen-bond donors (Lipinski definition) is 0. The van der Waals surface area contributed by atoms with Crippen molar-refractivity contribution < 1.29 is 9.53 Å². The zero-order chi connectivity index (χ0) is 13.8. The Labute approximate surface area is 119 Å². The topological polar surface area (TPSA) is 26.3 Å². The summed E-state index contributed by atoms with van der Waals surface area (Å²) in [4.78, 5) is 12.0. The van der Waals surface area contributed by atoms with Crippen LogP contribution in [0.4, 0.5) is 0 Å². The highest BCUT2D eigenvalue weighted by Gasteiger charge is 2.21. The maximum Gasteiger partial charge on any atom is 0.310 e. The smallest absolute Gasteiger partial charge is 0.310 e. The monoisotopic (exact) mass is 266 g/mol. The summed E-state index contributed by atoms with van der Waals surface area (Å²) in [6.45, 7) is 0. The molecule has 0 heterocycles. The van der Waals surface area contributed by atoms with E-state index in [1.165, 1.54) is 11.1 Å². The second-order valence-electron chi connectivity index (χ2n) is 5.29. The molecule has 2 aromatic rings. The van der Waals surface area contributed by atoms with Crippen LogP contribution in [0.1, 0.15) is 23.1 Å². The Morgan fingerprint density at radius 2 is 1.70 bits per heavy atom. The molecular weight excluding hydrogens is 248 g/mol. The van der Waals surface area contributed by atoms with E-state index in [0.717, 1.165) is 24.8 Å². The second-order valence-corrected chi connectivity index (χ2v) is 5.29. The zero-order valence-corrected chi connectivity index (χ0v) is 11.4. The molecule has 0 N–H and O–H groups in total. The maximum absolute atomic E-state index is 12.0. The van der Waals surface area contributed by atoms with Crippen molar-refractivity contribution in [3.63, 3.8) is 0 Å². The molecule has 0 saturated carbocycles. The van der Waals surface area contributed by atoms with Crippen molar-refractivity contribution in [2.24, 2.45) is 0 Å². The minimum atomic E-state index is -0.124. The number of fused-ring (bicyclic) bond motifs is 1. The predicted molar refractivity (Wildman–Crippen MR) is 78.5 cm³/mol. The number of carbonyl (C=O) groups excluding carboxylic acids is 1. The first-order chi connectivity index (χ1) is 9.81. The van der Waals surface area contributed by atoms with E-state index in [1.54, 1.807) is 0 Å². The Kier molecular flexibility index (Phi) is 3.82. The molecule has 0 fully saturated rings. The number of benzene rings is 2. The number of ether oxygens (including phenoxy) is 1. The molecule has 0 radical (unpaired) electrons. The summed E-state index contributed by atoms with van der Waals surface area (Å²) in [6, 6.07) is 18.2. The van der Waals surface area contributed by atoms with Crippen LogP contribution in [0.5, 0.6) is 0 Å². The molecule has 1 atom stereocenters. The van der Waals surface area contributed by atoms with Crippen LogP contribution < -0.4 is 0 Å². The fourth-order valence-electron chi connectivity index (χ4n) is 2.76. The van der Waals surface area contributed by atoms with Crippen LogP contribution in [0.25, 0.3) is 0 Å². The third-order valence-electron chi connectivity index (χ3n) is 3.79. The van der Waals surface area contributed by atoms with Gasteiger partial charge in [0, 0.05) is 6.42 Å². The van der Waals surface area contributed by atoms with Gasteiger partial charge in [0.15, 0.2) is 0 Å². The highest BCUT2D eigenvalue weighted by Crippen LogP contribution is 2.23. The average Bonchev–Trinajstić information content (AvgIpc) is 2.48. The van der Waals surface area contributed by atoms with Gasteiger partial charge in [-0.2, -0.15) is 0 Å². The summed E-state index contributed by atoms with van der Waals surface area (Å²) in [5.41, 5.74) is 3.72. The quantitative estimate of drug-likeness (QED) is 0.797. The molecule has 1 aliphatic rings. The van der Waals surface area contributed by atoms with Crippen LogP contribution in [0, 0.1) is 0 Å². The molecule has 0 aliphatic heterocycles. The minimum absolute atomic E-state index is 0.0288. The van der Waals surface area contributed by atoms with Crippen LogP contribution in [0.2, 0.25) is 0 Å². The van der Waals surface area contributed by atoms with E-state index in [0.29, 0.717) is 6.42 Å². The van der Waals surface area contributed by atoms with Gasteiger partial charge in [-0.25, -0.2) is 0 Å². The maximum atomic E-state index is 12.0. The highest BCUT2D eigenvalue weighted by atomic mass is 16.5. The van der Waals surface area contributed by atoms with Crippen LogP contribution in [0.15, 0.2) is 54.6 Å². The Hall–Kier alpha value is -2.09. The summed E-state index contributed by atoms with van der Waals surface area (Å²) in [7, 11) is 0. The summed E-state index contributed by atoms with van der Waals surface area (Å²) < 4.78 is 5.61. The highest BCUT2D eigenvalue weighted by molar-refractivity contribution is 5.72. The molecular formula is C18H18O2. The van der Waals surface area contributed by atoms with E-state index < -0.39 is 0 Å². The third kappa shape index (κ3) is 3.08. The van der Waals surface area contributed by atoms with Gasteiger partial charge in [-0.15, -0.1) is 0 Å². The molecule has 102 valence electrons. The Balaban J connectivity index is 1.58. The van der Waals surface area contributed by atoms with Crippen molar-refractivity contribution in [2.75, 3.05) is 0 Å². The van der Waals surface area contributed by atoms with E-state index in [4.69, 9.17) is 4.74 Å². The first-order valence-electron chi connectivity index (χ1n) is 7.11. The van der Waals surface area contributed by atoms with Crippen molar-refractivity contribution in [1.82, 2.24) is 0 Å². The molecule has 0 spiro atoms. The van der Waals surface area contributed by atoms with Crippen LogP contribution in [0.3, 0.4) is 0 Å². The lowest BCUT2D eigenvalue weighted by Crippen LogP contribution is -2.26. The predicted octanol–water partition coefficient (Wildman–Crippen LogP) is 3.33. The van der Waals surface area contributed by atoms with E-state index >= 15 is 0 Å². The minimum Gasteiger partial charge on any atom is -0.462 e. The van der Waals surface area contributed by atoms with Gasteiger partial charge in [0.1, 0.15) is 6.10 Å². The van der Waals surface area contributed by atoms with Crippen molar-refractivity contribution in [3.8, 4) is 0 Å². The number of carbonyl (C=O) groups is 1. The summed E-state index contributed by atoms with van der Waals surface area (Å²) >= 11 is 0. The lowest BCUT2D eigenvalue weighted by atomic mass is 9.90. The van der Waals surface area contributed by atoms with Gasteiger partial charge in [0.25, 0.3) is 0 Å². The van der Waals surface area contributed by atoms with Crippen molar-refractivity contribution in [2.45, 2.75) is 31.8 Å². The van der Waals surface area contributed by atoms with Gasteiger partial charge in [0.05, 0.1) is 6.42 Å². The van der Waals surface area contributed by atoms with Crippen LogP contribution in [-0.2, 0) is 28.8 Å². The molecule has 1 unspecified atom stereocenters. The Bertz CT molecular complexity index is 589. The zero-order valence-electron chi connectivity index (χ0n) is 11.4. The average molecular weight is 266 g/mol. The molecule has 20 heavy (non-hydrogen) atoms. The summed E-state index contributed by atoms with van der Waals surface area (Å²) in [6.07, 6.45) is 3.16. The summed E-state index contributed by atoms with van der Waals surface area (Å²) in [5, 5.41) is 0. The first-order valence-corrected chi connectivity index (χ1v) is 7.11.